The second-order valence-electron chi connectivity index (χ2n) is 6.64. The number of hydrogen-bond acceptors (Lipinski definition) is 5. The number of methoxy groups -OCH3 is 1. The van der Waals surface area contributed by atoms with Crippen molar-refractivity contribution in [2.45, 2.75) is 19.3 Å². The lowest BCUT2D eigenvalue weighted by atomic mass is 9.71. The summed E-state index contributed by atoms with van der Waals surface area (Å²) in [5.74, 6) is -3.96. The molecule has 0 fully saturated rings. The fourth-order valence-corrected chi connectivity index (χ4v) is 5.14. The minimum Gasteiger partial charge on any atom is -0.468 e. The first-order valence-corrected chi connectivity index (χ1v) is 10.8. The molecule has 8 heteroatoms. The van der Waals surface area contributed by atoms with Crippen LogP contribution in [0, 0.1) is 11.8 Å². The standard InChI is InChI=1S/C21H17Br2ClO5/c1-3-13(18(25)10-4-6-12(24)7-5-10)16-14-8-11(22)9-15(23)19(14)29-21(27)17(16)20(26)28-2/h4-9,13,16-17H,3H2,1-2H3/t13-,16-,17-/m0/s1. The highest BCUT2D eigenvalue weighted by Gasteiger charge is 2.49. The lowest BCUT2D eigenvalue weighted by molar-refractivity contribution is -0.158. The molecule has 0 aliphatic carbocycles. The second-order valence-corrected chi connectivity index (χ2v) is 8.85. The van der Waals surface area contributed by atoms with Crippen LogP contribution in [0.3, 0.4) is 0 Å². The number of hydrogen-bond donors (Lipinski definition) is 0. The van der Waals surface area contributed by atoms with Crippen molar-refractivity contribution in [3.05, 3.63) is 61.5 Å². The topological polar surface area (TPSA) is 69.7 Å². The molecule has 1 aliphatic rings. The molecular formula is C21H17Br2ClO5. The van der Waals surface area contributed by atoms with Crippen molar-refractivity contribution in [2.75, 3.05) is 7.11 Å². The summed E-state index contributed by atoms with van der Waals surface area (Å²) in [7, 11) is 1.21. The van der Waals surface area contributed by atoms with E-state index in [1.54, 1.807) is 36.4 Å². The Bertz CT molecular complexity index is 974. The van der Waals surface area contributed by atoms with E-state index >= 15 is 0 Å². The Kier molecular flexibility index (Phi) is 6.81. The molecule has 3 atom stereocenters. The van der Waals surface area contributed by atoms with Crippen molar-refractivity contribution in [3.8, 4) is 5.75 Å². The van der Waals surface area contributed by atoms with Gasteiger partial charge in [-0.15, -0.1) is 0 Å². The number of carbonyl (C=O) groups is 3. The maximum atomic E-state index is 13.4. The molecule has 0 spiro atoms. The summed E-state index contributed by atoms with van der Waals surface area (Å²) in [6, 6.07) is 10.1. The van der Waals surface area contributed by atoms with E-state index in [1.807, 2.05) is 6.92 Å². The monoisotopic (exact) mass is 542 g/mol. The number of ketones is 1. The summed E-state index contributed by atoms with van der Waals surface area (Å²) in [5.41, 5.74) is 1.05. The van der Waals surface area contributed by atoms with E-state index in [2.05, 4.69) is 31.9 Å². The van der Waals surface area contributed by atoms with Gasteiger partial charge in [-0.1, -0.05) is 34.5 Å². The molecule has 0 aromatic heterocycles. The fourth-order valence-electron chi connectivity index (χ4n) is 3.68. The molecule has 0 N–H and O–H groups in total. The largest absolute Gasteiger partial charge is 0.468 e. The molecule has 0 amide bonds. The molecule has 0 saturated carbocycles. The normalized spacial score (nSPS) is 19.1. The van der Waals surface area contributed by atoms with Gasteiger partial charge in [-0.2, -0.15) is 0 Å². The maximum absolute atomic E-state index is 13.4. The van der Waals surface area contributed by atoms with Crippen molar-refractivity contribution in [1.82, 2.24) is 0 Å². The molecule has 0 saturated heterocycles. The summed E-state index contributed by atoms with van der Waals surface area (Å²) in [4.78, 5) is 38.6. The van der Waals surface area contributed by atoms with E-state index in [4.69, 9.17) is 21.1 Å². The van der Waals surface area contributed by atoms with Gasteiger partial charge >= 0.3 is 11.9 Å². The molecule has 0 unspecified atom stereocenters. The van der Waals surface area contributed by atoms with Crippen LogP contribution in [0.25, 0.3) is 0 Å². The van der Waals surface area contributed by atoms with E-state index in [1.165, 1.54) is 7.11 Å². The zero-order valence-electron chi connectivity index (χ0n) is 15.6. The van der Waals surface area contributed by atoms with E-state index in [0.717, 1.165) is 4.47 Å². The minimum absolute atomic E-state index is 0.181. The number of ether oxygens (including phenoxy) is 2. The van der Waals surface area contributed by atoms with E-state index < -0.39 is 29.7 Å². The highest BCUT2D eigenvalue weighted by Crippen LogP contribution is 2.48. The van der Waals surface area contributed by atoms with E-state index in [-0.39, 0.29) is 5.78 Å². The van der Waals surface area contributed by atoms with Crippen molar-refractivity contribution < 1.29 is 23.9 Å². The highest BCUT2D eigenvalue weighted by atomic mass is 79.9. The van der Waals surface area contributed by atoms with Crippen molar-refractivity contribution in [2.24, 2.45) is 11.8 Å². The predicted molar refractivity (Wildman–Crippen MR) is 115 cm³/mol. The third-order valence-electron chi connectivity index (χ3n) is 5.01. The average molecular weight is 545 g/mol. The molecular weight excluding hydrogens is 527 g/mol. The first-order chi connectivity index (χ1) is 13.8. The lowest BCUT2D eigenvalue weighted by Crippen LogP contribution is -2.42. The average Bonchev–Trinajstić information content (AvgIpc) is 2.69. The Hall–Kier alpha value is -1.70. The molecule has 152 valence electrons. The quantitative estimate of drug-likeness (QED) is 0.213. The summed E-state index contributed by atoms with van der Waals surface area (Å²) < 4.78 is 11.6. The number of halogens is 3. The van der Waals surface area contributed by atoms with Crippen LogP contribution in [0.15, 0.2) is 45.3 Å². The number of Topliss-reactive ketones (excluding diaryl/α,β-unsaturated/α-hetero) is 1. The van der Waals surface area contributed by atoms with Crippen molar-refractivity contribution in [1.29, 1.82) is 0 Å². The molecule has 1 aliphatic heterocycles. The van der Waals surface area contributed by atoms with Gasteiger partial charge in [-0.25, -0.2) is 0 Å². The van der Waals surface area contributed by atoms with Crippen LogP contribution in [-0.4, -0.2) is 24.8 Å². The highest BCUT2D eigenvalue weighted by molar-refractivity contribution is 9.11. The molecule has 5 nitrogen and oxygen atoms in total. The van der Waals surface area contributed by atoms with Crippen LogP contribution in [0.5, 0.6) is 5.75 Å². The van der Waals surface area contributed by atoms with Gasteiger partial charge in [0.05, 0.1) is 11.6 Å². The Morgan fingerprint density at radius 3 is 2.45 bits per heavy atom. The SMILES string of the molecule is CC[C@H](C(=O)c1ccc(Cl)cc1)[C@H]1c2cc(Br)cc(Br)c2OC(=O)[C@@H]1C(=O)OC. The van der Waals surface area contributed by atoms with Gasteiger partial charge in [0.15, 0.2) is 11.7 Å². The molecule has 2 aromatic carbocycles. The van der Waals surface area contributed by atoms with Crippen LogP contribution < -0.4 is 4.74 Å². The van der Waals surface area contributed by atoms with Crippen LogP contribution in [0.4, 0.5) is 0 Å². The minimum atomic E-state index is -1.24. The molecule has 1 heterocycles. The summed E-state index contributed by atoms with van der Waals surface area (Å²) in [6.45, 7) is 1.85. The molecule has 29 heavy (non-hydrogen) atoms. The van der Waals surface area contributed by atoms with Crippen LogP contribution in [0.1, 0.15) is 35.2 Å². The van der Waals surface area contributed by atoms with Gasteiger partial charge in [0, 0.05) is 32.5 Å². The van der Waals surface area contributed by atoms with Crippen molar-refractivity contribution in [3.63, 3.8) is 0 Å². The van der Waals surface area contributed by atoms with E-state index in [0.29, 0.717) is 32.8 Å². The maximum Gasteiger partial charge on any atom is 0.326 e. The van der Waals surface area contributed by atoms with Crippen molar-refractivity contribution >= 4 is 61.2 Å². The van der Waals surface area contributed by atoms with Gasteiger partial charge in [0.2, 0.25) is 0 Å². The number of rotatable bonds is 5. The zero-order valence-corrected chi connectivity index (χ0v) is 19.5. The molecule has 3 rings (SSSR count). The Labute approximate surface area is 190 Å². The smallest absolute Gasteiger partial charge is 0.326 e. The molecule has 2 aromatic rings. The summed E-state index contributed by atoms with van der Waals surface area (Å²) in [5, 5.41) is 0.515. The van der Waals surface area contributed by atoms with Gasteiger partial charge in [0.25, 0.3) is 0 Å². The Balaban J connectivity index is 2.17. The summed E-state index contributed by atoms with van der Waals surface area (Å²) >= 11 is 12.8. The number of fused-ring (bicyclic) bond motifs is 1. The number of benzene rings is 2. The third kappa shape index (κ3) is 4.27. The first-order valence-electron chi connectivity index (χ1n) is 8.86. The lowest BCUT2D eigenvalue weighted by Gasteiger charge is -2.35. The molecule has 0 radical (unpaired) electrons. The van der Waals surface area contributed by atoms with Gasteiger partial charge in [0.1, 0.15) is 5.75 Å². The second kappa shape index (κ2) is 8.98. The zero-order chi connectivity index (χ0) is 21.3. The number of carbonyl (C=O) groups excluding carboxylic acids is 3. The van der Waals surface area contributed by atoms with E-state index in [9.17, 15) is 14.4 Å². The van der Waals surface area contributed by atoms with Crippen LogP contribution in [-0.2, 0) is 14.3 Å². The van der Waals surface area contributed by atoms with Crippen LogP contribution in [0.2, 0.25) is 5.02 Å². The van der Waals surface area contributed by atoms with Gasteiger partial charge < -0.3 is 9.47 Å². The Morgan fingerprint density at radius 2 is 1.86 bits per heavy atom. The first kappa shape index (κ1) is 22.0. The predicted octanol–water partition coefficient (Wildman–Crippen LogP) is 5.57. The fraction of sp³-hybridized carbons (Fsp3) is 0.286. The van der Waals surface area contributed by atoms with Gasteiger partial charge in [-0.3, -0.25) is 14.4 Å². The number of esters is 2. The molecule has 0 bridgehead atoms. The third-order valence-corrected chi connectivity index (χ3v) is 6.30. The Morgan fingerprint density at radius 1 is 1.21 bits per heavy atom. The van der Waals surface area contributed by atoms with Gasteiger partial charge in [-0.05, 0) is 58.7 Å². The van der Waals surface area contributed by atoms with Crippen LogP contribution >= 0.6 is 43.5 Å². The summed E-state index contributed by atoms with van der Waals surface area (Å²) in [6.07, 6.45) is 0.413.